The van der Waals surface area contributed by atoms with Crippen molar-refractivity contribution in [1.82, 2.24) is 19.9 Å². The van der Waals surface area contributed by atoms with Gasteiger partial charge in [-0.2, -0.15) is 15.0 Å². The second kappa shape index (κ2) is 6.15. The summed E-state index contributed by atoms with van der Waals surface area (Å²) in [5.74, 6) is 0.491. The highest BCUT2D eigenvalue weighted by molar-refractivity contribution is 7.99. The molecule has 0 aromatic carbocycles. The molecule has 0 unspecified atom stereocenters. The molecule has 0 bridgehead atoms. The average Bonchev–Trinajstić information content (AvgIpc) is 2.40. The lowest BCUT2D eigenvalue weighted by Gasteiger charge is -2.06. The standard InChI is InChI=1S/C11H13N5OS/c1-3-17-10-14-9(12-2)15-11(16-10)18-8-4-6-13-7-5-8/h4-7H,3H2,1-2H3,(H,12,14,15,16). The Hall–Kier alpha value is -1.89. The Bertz CT molecular complexity index is 508. The van der Waals surface area contributed by atoms with Crippen LogP contribution in [-0.2, 0) is 0 Å². The molecule has 0 saturated carbocycles. The lowest BCUT2D eigenvalue weighted by Crippen LogP contribution is -2.04. The molecule has 0 radical (unpaired) electrons. The van der Waals surface area contributed by atoms with E-state index in [1.54, 1.807) is 19.4 Å². The highest BCUT2D eigenvalue weighted by Crippen LogP contribution is 2.25. The molecule has 6 nitrogen and oxygen atoms in total. The zero-order valence-corrected chi connectivity index (χ0v) is 10.9. The second-order valence-corrected chi connectivity index (χ2v) is 4.23. The van der Waals surface area contributed by atoms with Crippen molar-refractivity contribution in [2.45, 2.75) is 17.0 Å². The smallest absolute Gasteiger partial charge is 0.322 e. The van der Waals surface area contributed by atoms with Crippen LogP contribution in [0.4, 0.5) is 5.95 Å². The number of aromatic nitrogens is 4. The first kappa shape index (κ1) is 12.6. The van der Waals surface area contributed by atoms with E-state index in [9.17, 15) is 0 Å². The minimum Gasteiger partial charge on any atom is -0.464 e. The summed E-state index contributed by atoms with van der Waals surface area (Å²) in [6, 6.07) is 4.12. The summed E-state index contributed by atoms with van der Waals surface area (Å²) in [6.07, 6.45) is 3.46. The van der Waals surface area contributed by atoms with Crippen LogP contribution in [0.5, 0.6) is 6.01 Å². The third-order valence-corrected chi connectivity index (χ3v) is 2.82. The molecule has 18 heavy (non-hydrogen) atoms. The van der Waals surface area contributed by atoms with Gasteiger partial charge in [-0.05, 0) is 30.8 Å². The van der Waals surface area contributed by atoms with Crippen molar-refractivity contribution >= 4 is 17.7 Å². The van der Waals surface area contributed by atoms with Crippen LogP contribution < -0.4 is 10.1 Å². The summed E-state index contributed by atoms with van der Waals surface area (Å²) in [7, 11) is 1.76. The fourth-order valence-electron chi connectivity index (χ4n) is 1.20. The van der Waals surface area contributed by atoms with Gasteiger partial charge < -0.3 is 10.1 Å². The number of hydrogen-bond acceptors (Lipinski definition) is 7. The van der Waals surface area contributed by atoms with E-state index in [-0.39, 0.29) is 0 Å². The predicted molar refractivity (Wildman–Crippen MR) is 68.9 cm³/mol. The van der Waals surface area contributed by atoms with Gasteiger partial charge in [0, 0.05) is 24.3 Å². The van der Waals surface area contributed by atoms with Gasteiger partial charge in [0.1, 0.15) is 0 Å². The fourth-order valence-corrected chi connectivity index (χ4v) is 1.93. The number of anilines is 1. The minimum absolute atomic E-state index is 0.327. The van der Waals surface area contributed by atoms with Crippen molar-refractivity contribution in [2.75, 3.05) is 19.0 Å². The molecule has 0 amide bonds. The highest BCUT2D eigenvalue weighted by Gasteiger charge is 2.07. The SMILES string of the molecule is CCOc1nc(NC)nc(Sc2ccncc2)n1. The molecule has 7 heteroatoms. The summed E-state index contributed by atoms with van der Waals surface area (Å²) >= 11 is 1.43. The van der Waals surface area contributed by atoms with E-state index in [0.29, 0.717) is 23.7 Å². The molecule has 0 aliphatic carbocycles. The molecule has 0 atom stereocenters. The lowest BCUT2D eigenvalue weighted by atomic mass is 10.5. The van der Waals surface area contributed by atoms with Gasteiger partial charge in [0.05, 0.1) is 6.61 Å². The van der Waals surface area contributed by atoms with Crippen LogP contribution in [0, 0.1) is 0 Å². The van der Waals surface area contributed by atoms with Gasteiger partial charge in [-0.25, -0.2) is 0 Å². The van der Waals surface area contributed by atoms with Gasteiger partial charge in [0.15, 0.2) is 0 Å². The number of nitrogens with one attached hydrogen (secondary N) is 1. The third kappa shape index (κ3) is 3.30. The Labute approximate surface area is 109 Å². The van der Waals surface area contributed by atoms with Crippen LogP contribution in [0.1, 0.15) is 6.92 Å². The van der Waals surface area contributed by atoms with Gasteiger partial charge >= 0.3 is 6.01 Å². The van der Waals surface area contributed by atoms with Gasteiger partial charge in [-0.1, -0.05) is 0 Å². The van der Waals surface area contributed by atoms with Crippen LogP contribution in [0.25, 0.3) is 0 Å². The summed E-state index contributed by atoms with van der Waals surface area (Å²) < 4.78 is 5.30. The van der Waals surface area contributed by atoms with Crippen molar-refractivity contribution in [2.24, 2.45) is 0 Å². The van der Waals surface area contributed by atoms with E-state index >= 15 is 0 Å². The zero-order valence-electron chi connectivity index (χ0n) is 10.1. The number of pyridine rings is 1. The number of ether oxygens (including phenoxy) is 1. The van der Waals surface area contributed by atoms with Crippen LogP contribution in [0.3, 0.4) is 0 Å². The molecule has 0 spiro atoms. The van der Waals surface area contributed by atoms with Gasteiger partial charge in [-0.3, -0.25) is 4.98 Å². The maximum Gasteiger partial charge on any atom is 0.322 e. The van der Waals surface area contributed by atoms with Crippen LogP contribution in [0.2, 0.25) is 0 Å². The first-order valence-corrected chi connectivity index (χ1v) is 6.28. The van der Waals surface area contributed by atoms with Gasteiger partial charge in [0.2, 0.25) is 11.1 Å². The Kier molecular flexibility index (Phi) is 4.30. The van der Waals surface area contributed by atoms with Crippen molar-refractivity contribution in [3.8, 4) is 6.01 Å². The maximum atomic E-state index is 5.30. The van der Waals surface area contributed by atoms with Crippen molar-refractivity contribution in [3.63, 3.8) is 0 Å². The van der Waals surface area contributed by atoms with E-state index in [1.165, 1.54) is 11.8 Å². The summed E-state index contributed by atoms with van der Waals surface area (Å²) in [4.78, 5) is 17.6. The second-order valence-electron chi connectivity index (χ2n) is 3.19. The first-order valence-electron chi connectivity index (χ1n) is 5.46. The van der Waals surface area contributed by atoms with Crippen LogP contribution >= 0.6 is 11.8 Å². The van der Waals surface area contributed by atoms with Crippen LogP contribution in [-0.4, -0.2) is 33.6 Å². The number of rotatable bonds is 5. The molecule has 94 valence electrons. The number of nitrogens with zero attached hydrogens (tertiary/aromatic N) is 4. The van der Waals surface area contributed by atoms with Crippen molar-refractivity contribution in [3.05, 3.63) is 24.5 Å². The quantitative estimate of drug-likeness (QED) is 0.882. The number of hydrogen-bond donors (Lipinski definition) is 1. The predicted octanol–water partition coefficient (Wildman–Crippen LogP) is 1.86. The molecule has 0 saturated heterocycles. The van der Waals surface area contributed by atoms with Crippen LogP contribution in [0.15, 0.2) is 34.6 Å². The third-order valence-electron chi connectivity index (χ3n) is 1.95. The van der Waals surface area contributed by atoms with E-state index in [2.05, 4.69) is 25.3 Å². The summed E-state index contributed by atoms with van der Waals surface area (Å²) in [5, 5.41) is 3.47. The van der Waals surface area contributed by atoms with E-state index in [0.717, 1.165) is 4.90 Å². The highest BCUT2D eigenvalue weighted by atomic mass is 32.2. The molecule has 2 rings (SSSR count). The molecular weight excluding hydrogens is 250 g/mol. The van der Waals surface area contributed by atoms with Gasteiger partial charge in [-0.15, -0.1) is 0 Å². The molecule has 1 N–H and O–H groups in total. The minimum atomic E-state index is 0.327. The molecule has 2 heterocycles. The molecule has 0 fully saturated rings. The Morgan fingerprint density at radius 3 is 2.67 bits per heavy atom. The maximum absolute atomic E-state index is 5.30. The van der Waals surface area contributed by atoms with Crippen molar-refractivity contribution in [1.29, 1.82) is 0 Å². The molecule has 2 aromatic rings. The lowest BCUT2D eigenvalue weighted by molar-refractivity contribution is 0.308. The Balaban J connectivity index is 2.24. The molecule has 2 aromatic heterocycles. The zero-order chi connectivity index (χ0) is 12.8. The Morgan fingerprint density at radius 1 is 1.22 bits per heavy atom. The normalized spacial score (nSPS) is 10.1. The first-order chi connectivity index (χ1) is 8.81. The summed E-state index contributed by atoms with van der Waals surface area (Å²) in [6.45, 7) is 2.41. The average molecular weight is 263 g/mol. The largest absolute Gasteiger partial charge is 0.464 e. The molecular formula is C11H13N5OS. The molecule has 0 aliphatic rings. The topological polar surface area (TPSA) is 72.8 Å². The van der Waals surface area contributed by atoms with E-state index in [4.69, 9.17) is 4.74 Å². The Morgan fingerprint density at radius 2 is 2.00 bits per heavy atom. The van der Waals surface area contributed by atoms with E-state index < -0.39 is 0 Å². The van der Waals surface area contributed by atoms with E-state index in [1.807, 2.05) is 19.1 Å². The molecule has 0 aliphatic heterocycles. The monoisotopic (exact) mass is 263 g/mol. The summed E-state index contributed by atoms with van der Waals surface area (Å²) in [5.41, 5.74) is 0. The van der Waals surface area contributed by atoms with Gasteiger partial charge in [0.25, 0.3) is 0 Å². The fraction of sp³-hybridized carbons (Fsp3) is 0.273. The van der Waals surface area contributed by atoms with Crippen molar-refractivity contribution < 1.29 is 4.74 Å².